The zero-order valence-corrected chi connectivity index (χ0v) is 18.5. The van der Waals surface area contributed by atoms with E-state index in [9.17, 15) is 9.59 Å². The summed E-state index contributed by atoms with van der Waals surface area (Å²) in [7, 11) is 0. The van der Waals surface area contributed by atoms with E-state index in [0.29, 0.717) is 19.4 Å². The lowest BCUT2D eigenvalue weighted by Crippen LogP contribution is -2.23. The molecule has 0 unspecified atom stereocenters. The van der Waals surface area contributed by atoms with Crippen LogP contribution in [0.2, 0.25) is 0 Å². The maximum Gasteiger partial charge on any atom is 0.310 e. The summed E-state index contributed by atoms with van der Waals surface area (Å²) < 4.78 is 10.3. The van der Waals surface area contributed by atoms with Gasteiger partial charge in [0.05, 0.1) is 13.0 Å². The van der Waals surface area contributed by atoms with Gasteiger partial charge in [-0.1, -0.05) is 49.7 Å². The summed E-state index contributed by atoms with van der Waals surface area (Å²) in [6.45, 7) is 7.91. The number of rotatable bonds is 11. The van der Waals surface area contributed by atoms with Gasteiger partial charge in [-0.3, -0.25) is 9.59 Å². The van der Waals surface area contributed by atoms with Gasteiger partial charge < -0.3 is 9.47 Å². The van der Waals surface area contributed by atoms with E-state index in [-0.39, 0.29) is 17.5 Å². The number of carbonyl (C=O) groups excluding carboxylic acids is 2. The van der Waals surface area contributed by atoms with Gasteiger partial charge in [0.15, 0.2) is 0 Å². The van der Waals surface area contributed by atoms with Crippen molar-refractivity contribution in [2.24, 2.45) is 0 Å². The van der Waals surface area contributed by atoms with E-state index in [1.165, 1.54) is 12.8 Å². The molecule has 0 aliphatic carbocycles. The van der Waals surface area contributed by atoms with Crippen LogP contribution >= 0.6 is 0 Å². The van der Waals surface area contributed by atoms with Crippen molar-refractivity contribution in [1.29, 1.82) is 0 Å². The Hall–Kier alpha value is -2.28. The van der Waals surface area contributed by atoms with Crippen LogP contribution in [0, 0.1) is 11.8 Å². The van der Waals surface area contributed by atoms with E-state index in [2.05, 4.69) is 11.8 Å². The van der Waals surface area contributed by atoms with Crippen molar-refractivity contribution in [3.8, 4) is 11.8 Å². The first kappa shape index (κ1) is 24.8. The van der Waals surface area contributed by atoms with Gasteiger partial charge in [0.2, 0.25) is 0 Å². The number of unbranched alkanes of at least 4 members (excludes halogenated alkanes) is 6. The predicted molar refractivity (Wildman–Crippen MR) is 116 cm³/mol. The fourth-order valence-electron chi connectivity index (χ4n) is 2.83. The van der Waals surface area contributed by atoms with Crippen molar-refractivity contribution in [2.75, 3.05) is 6.61 Å². The van der Waals surface area contributed by atoms with E-state index in [4.69, 9.17) is 9.47 Å². The van der Waals surface area contributed by atoms with Crippen LogP contribution < -0.4 is 0 Å². The highest BCUT2D eigenvalue weighted by molar-refractivity contribution is 5.72. The lowest BCUT2D eigenvalue weighted by molar-refractivity contribution is -0.155. The number of hydrogen-bond acceptors (Lipinski definition) is 4. The topological polar surface area (TPSA) is 52.6 Å². The second kappa shape index (κ2) is 13.8. The van der Waals surface area contributed by atoms with Crippen LogP contribution in [0.3, 0.4) is 0 Å². The second-order valence-corrected chi connectivity index (χ2v) is 8.19. The molecule has 0 atom stereocenters. The Balaban J connectivity index is 2.09. The Bertz CT molecular complexity index is 672. The average Bonchev–Trinajstić information content (AvgIpc) is 2.63. The quantitative estimate of drug-likeness (QED) is 0.275. The van der Waals surface area contributed by atoms with Gasteiger partial charge in [-0.15, -0.1) is 0 Å². The highest BCUT2D eigenvalue weighted by atomic mass is 16.6. The van der Waals surface area contributed by atoms with Crippen LogP contribution in [-0.4, -0.2) is 24.1 Å². The van der Waals surface area contributed by atoms with Crippen molar-refractivity contribution < 1.29 is 19.1 Å². The molecule has 0 spiro atoms. The Morgan fingerprint density at radius 3 is 2.14 bits per heavy atom. The predicted octanol–water partition coefficient (Wildman–Crippen LogP) is 5.61. The molecule has 0 aromatic heterocycles. The van der Waals surface area contributed by atoms with Crippen molar-refractivity contribution in [3.63, 3.8) is 0 Å². The zero-order valence-electron chi connectivity index (χ0n) is 18.5. The van der Waals surface area contributed by atoms with Gasteiger partial charge in [0.1, 0.15) is 5.60 Å². The summed E-state index contributed by atoms with van der Waals surface area (Å²) >= 11 is 0. The largest absolute Gasteiger partial charge is 0.466 e. The molecule has 0 fully saturated rings. The molecule has 0 saturated heterocycles. The third kappa shape index (κ3) is 13.5. The Morgan fingerprint density at radius 1 is 0.897 bits per heavy atom. The summed E-state index contributed by atoms with van der Waals surface area (Å²) in [5.74, 6) is 6.10. The zero-order chi connectivity index (χ0) is 21.5. The van der Waals surface area contributed by atoms with Gasteiger partial charge in [0.25, 0.3) is 0 Å². The Morgan fingerprint density at radius 2 is 1.52 bits per heavy atom. The van der Waals surface area contributed by atoms with E-state index in [0.717, 1.165) is 43.2 Å². The molecular formula is C25H36O4. The number of ether oxygens (including phenoxy) is 2. The smallest absolute Gasteiger partial charge is 0.310 e. The van der Waals surface area contributed by atoms with Crippen LogP contribution in [-0.2, 0) is 25.5 Å². The summed E-state index contributed by atoms with van der Waals surface area (Å²) in [6.07, 6.45) is 8.28. The Labute approximate surface area is 176 Å². The number of hydrogen-bond donors (Lipinski definition) is 0. The van der Waals surface area contributed by atoms with Crippen LogP contribution in [0.1, 0.15) is 90.2 Å². The first-order valence-electron chi connectivity index (χ1n) is 10.8. The normalized spacial score (nSPS) is 10.8. The molecule has 160 valence electrons. The monoisotopic (exact) mass is 400 g/mol. The maximum absolute atomic E-state index is 11.6. The molecular weight excluding hydrogens is 364 g/mol. The van der Waals surface area contributed by atoms with Gasteiger partial charge in [-0.2, -0.15) is 0 Å². The summed E-state index contributed by atoms with van der Waals surface area (Å²) in [5, 5.41) is 0. The van der Waals surface area contributed by atoms with Crippen molar-refractivity contribution in [1.82, 2.24) is 0 Å². The molecule has 1 rings (SSSR count). The molecule has 4 nitrogen and oxygen atoms in total. The van der Waals surface area contributed by atoms with E-state index in [1.807, 2.05) is 52.0 Å². The standard InChI is InChI=1S/C25H36O4/c1-5-28-24(27)20-22-18-16-21(17-19-22)14-12-10-8-6-7-9-11-13-15-23(26)29-25(2,3)4/h16-19H,5-11,13,15,20H2,1-4H3. The highest BCUT2D eigenvalue weighted by Gasteiger charge is 2.15. The fourth-order valence-corrected chi connectivity index (χ4v) is 2.83. The lowest BCUT2D eigenvalue weighted by atomic mass is 10.1. The molecule has 0 aliphatic rings. The summed E-state index contributed by atoms with van der Waals surface area (Å²) in [4.78, 5) is 23.1. The molecule has 0 saturated carbocycles. The Kier molecular flexibility index (Phi) is 11.8. The number of carbonyl (C=O) groups is 2. The highest BCUT2D eigenvalue weighted by Crippen LogP contribution is 2.12. The molecule has 1 aromatic carbocycles. The molecule has 0 N–H and O–H groups in total. The molecule has 0 amide bonds. The number of esters is 2. The van der Waals surface area contributed by atoms with Gasteiger partial charge in [-0.05, 0) is 58.2 Å². The minimum atomic E-state index is -0.386. The molecule has 0 radical (unpaired) electrons. The van der Waals surface area contributed by atoms with Crippen molar-refractivity contribution in [3.05, 3.63) is 35.4 Å². The van der Waals surface area contributed by atoms with Crippen LogP contribution in [0.4, 0.5) is 0 Å². The van der Waals surface area contributed by atoms with Gasteiger partial charge in [-0.25, -0.2) is 0 Å². The maximum atomic E-state index is 11.6. The minimum Gasteiger partial charge on any atom is -0.466 e. The molecule has 0 bridgehead atoms. The average molecular weight is 401 g/mol. The van der Waals surface area contributed by atoms with E-state index < -0.39 is 0 Å². The first-order chi connectivity index (χ1) is 13.8. The SMILES string of the molecule is CCOC(=O)Cc1ccc(C#CCCCCCCCCC(=O)OC(C)(C)C)cc1. The molecule has 0 heterocycles. The third-order valence-corrected chi connectivity index (χ3v) is 4.19. The molecule has 4 heteroatoms. The van der Waals surface area contributed by atoms with Crippen LogP contribution in [0.25, 0.3) is 0 Å². The minimum absolute atomic E-state index is 0.0956. The van der Waals surface area contributed by atoms with Crippen LogP contribution in [0.15, 0.2) is 24.3 Å². The summed E-state index contributed by atoms with van der Waals surface area (Å²) in [5.41, 5.74) is 1.53. The third-order valence-electron chi connectivity index (χ3n) is 4.19. The first-order valence-corrected chi connectivity index (χ1v) is 10.8. The van der Waals surface area contributed by atoms with E-state index in [1.54, 1.807) is 0 Å². The van der Waals surface area contributed by atoms with Gasteiger partial charge in [0, 0.05) is 18.4 Å². The summed E-state index contributed by atoms with van der Waals surface area (Å²) in [6, 6.07) is 7.76. The van der Waals surface area contributed by atoms with Crippen molar-refractivity contribution in [2.45, 2.75) is 91.1 Å². The lowest BCUT2D eigenvalue weighted by Gasteiger charge is -2.19. The van der Waals surface area contributed by atoms with Crippen molar-refractivity contribution >= 4 is 11.9 Å². The number of benzene rings is 1. The molecule has 0 aliphatic heterocycles. The van der Waals surface area contributed by atoms with Crippen LogP contribution in [0.5, 0.6) is 0 Å². The van der Waals surface area contributed by atoms with Gasteiger partial charge >= 0.3 is 11.9 Å². The fraction of sp³-hybridized carbons (Fsp3) is 0.600. The second-order valence-electron chi connectivity index (χ2n) is 8.19. The molecule has 1 aromatic rings. The molecule has 29 heavy (non-hydrogen) atoms. The van der Waals surface area contributed by atoms with E-state index >= 15 is 0 Å².